The number of thiophene rings is 1. The number of anilines is 5. The molecule has 0 saturated carbocycles. The quantitative estimate of drug-likeness (QED) is 0.176. The smallest absolute Gasteiger partial charge is 0.0751 e. The zero-order chi connectivity index (χ0) is 34.7. The summed E-state index contributed by atoms with van der Waals surface area (Å²) < 4.78 is 2.68. The number of allylic oxidation sites excluding steroid dienone is 2. The van der Waals surface area contributed by atoms with Crippen molar-refractivity contribution < 1.29 is 0 Å². The summed E-state index contributed by atoms with van der Waals surface area (Å²) in [7, 11) is 0. The predicted octanol–water partition coefficient (Wildman–Crippen LogP) is 13.2. The highest BCUT2D eigenvalue weighted by Gasteiger charge is 2.55. The largest absolute Gasteiger partial charge is 0.331 e. The first-order chi connectivity index (χ1) is 26.3. The highest BCUT2D eigenvalue weighted by atomic mass is 32.2. The van der Waals surface area contributed by atoms with Crippen LogP contribution in [0.4, 0.5) is 28.4 Å². The first-order valence-electron chi connectivity index (χ1n) is 18.3. The van der Waals surface area contributed by atoms with Gasteiger partial charge >= 0.3 is 0 Å². The number of hydrogen-bond donors (Lipinski definition) is 0. The maximum Gasteiger partial charge on any atom is 0.0751 e. The number of para-hydroxylation sites is 4. The van der Waals surface area contributed by atoms with Crippen molar-refractivity contribution in [2.24, 2.45) is 0 Å². The minimum absolute atomic E-state index is 0.127. The van der Waals surface area contributed by atoms with Crippen LogP contribution in [0.2, 0.25) is 0 Å². The average molecular weight is 713 g/mol. The van der Waals surface area contributed by atoms with Crippen molar-refractivity contribution in [3.05, 3.63) is 210 Å². The first-order valence-corrected chi connectivity index (χ1v) is 20.0. The molecule has 2 unspecified atom stereocenters. The van der Waals surface area contributed by atoms with E-state index in [4.69, 9.17) is 0 Å². The standard InChI is InChI=1S/C49H32N2S2/c1-2-15-31(16-3-1)50-39-23-9-7-21-36(39)49(37-22-8-10-24-40(37)50)35-20-6-4-18-34(35)46-38(49)29-30-43-48(46)53-45-28-13-11-25-41(45)51(43)42-26-14-19-33-32-17-5-12-27-44(32)52-47(33)42/h1-30,43,48H. The number of rotatable bonds is 2. The molecular formula is C49H32N2S2. The van der Waals surface area contributed by atoms with E-state index >= 15 is 0 Å². The fourth-order valence-electron chi connectivity index (χ4n) is 9.82. The third-order valence-electron chi connectivity index (χ3n) is 11.8. The monoisotopic (exact) mass is 712 g/mol. The van der Waals surface area contributed by atoms with Gasteiger partial charge in [0.15, 0.2) is 0 Å². The van der Waals surface area contributed by atoms with E-state index in [0.29, 0.717) is 0 Å². The van der Waals surface area contributed by atoms with Gasteiger partial charge in [0.2, 0.25) is 0 Å². The highest BCUT2D eigenvalue weighted by Crippen LogP contribution is 2.66. The summed E-state index contributed by atoms with van der Waals surface area (Å²) in [5.74, 6) is 0. The summed E-state index contributed by atoms with van der Waals surface area (Å²) in [6, 6.07) is 63.3. The minimum atomic E-state index is -0.459. The van der Waals surface area contributed by atoms with Crippen LogP contribution in [0.15, 0.2) is 192 Å². The molecule has 3 heterocycles. The lowest BCUT2D eigenvalue weighted by molar-refractivity contribution is 0.730. The Kier molecular flexibility index (Phi) is 6.23. The maximum absolute atomic E-state index is 2.65. The van der Waals surface area contributed by atoms with E-state index in [1.165, 1.54) is 86.9 Å². The number of fused-ring (bicyclic) bond motifs is 14. The van der Waals surface area contributed by atoms with E-state index in [9.17, 15) is 0 Å². The van der Waals surface area contributed by atoms with Crippen LogP contribution in [0.3, 0.4) is 0 Å². The Morgan fingerprint density at radius 3 is 1.94 bits per heavy atom. The Hall–Kier alpha value is -5.81. The zero-order valence-corrected chi connectivity index (χ0v) is 30.3. The lowest BCUT2D eigenvalue weighted by Gasteiger charge is -2.47. The average Bonchev–Trinajstić information content (AvgIpc) is 3.75. The van der Waals surface area contributed by atoms with Gasteiger partial charge in [-0.15, -0.1) is 23.1 Å². The summed E-state index contributed by atoms with van der Waals surface area (Å²) >= 11 is 3.95. The van der Waals surface area contributed by atoms with E-state index in [0.717, 1.165) is 0 Å². The third kappa shape index (κ3) is 3.89. The Labute approximate surface area is 317 Å². The van der Waals surface area contributed by atoms with Gasteiger partial charge in [0.25, 0.3) is 0 Å². The molecule has 2 aliphatic carbocycles. The molecule has 0 N–H and O–H groups in total. The van der Waals surface area contributed by atoms with Gasteiger partial charge in [-0.2, -0.15) is 0 Å². The molecule has 1 spiro atoms. The molecule has 250 valence electrons. The van der Waals surface area contributed by atoms with E-state index in [2.05, 4.69) is 192 Å². The summed E-state index contributed by atoms with van der Waals surface area (Å²) in [5.41, 5.74) is 14.0. The van der Waals surface area contributed by atoms with Crippen molar-refractivity contribution in [2.45, 2.75) is 21.6 Å². The second-order valence-electron chi connectivity index (χ2n) is 14.3. The molecule has 4 heteroatoms. The van der Waals surface area contributed by atoms with Crippen LogP contribution in [0, 0.1) is 0 Å². The molecule has 8 aromatic rings. The Bertz CT molecular complexity index is 2820. The van der Waals surface area contributed by atoms with Gasteiger partial charge in [0, 0.05) is 26.1 Å². The van der Waals surface area contributed by atoms with E-state index in [-0.39, 0.29) is 11.3 Å². The summed E-state index contributed by atoms with van der Waals surface area (Å²) in [4.78, 5) is 6.44. The van der Waals surface area contributed by atoms with E-state index in [1.54, 1.807) is 0 Å². The zero-order valence-electron chi connectivity index (χ0n) is 28.7. The molecule has 2 aliphatic heterocycles. The third-order valence-corrected chi connectivity index (χ3v) is 14.4. The molecule has 12 rings (SSSR count). The van der Waals surface area contributed by atoms with Crippen molar-refractivity contribution in [1.29, 1.82) is 0 Å². The van der Waals surface area contributed by atoms with Gasteiger partial charge < -0.3 is 9.80 Å². The van der Waals surface area contributed by atoms with Crippen LogP contribution >= 0.6 is 23.1 Å². The molecule has 2 atom stereocenters. The lowest BCUT2D eigenvalue weighted by atomic mass is 9.63. The molecule has 0 radical (unpaired) electrons. The summed E-state index contributed by atoms with van der Waals surface area (Å²) in [5, 5.41) is 2.85. The second kappa shape index (κ2) is 11.1. The van der Waals surface area contributed by atoms with E-state index in [1.807, 2.05) is 23.1 Å². The second-order valence-corrected chi connectivity index (χ2v) is 16.5. The first kappa shape index (κ1) is 29.7. The molecule has 1 aromatic heterocycles. The molecule has 0 saturated heterocycles. The van der Waals surface area contributed by atoms with Gasteiger partial charge in [0.1, 0.15) is 0 Å². The van der Waals surface area contributed by atoms with E-state index < -0.39 is 5.41 Å². The van der Waals surface area contributed by atoms with Gasteiger partial charge in [-0.1, -0.05) is 133 Å². The Morgan fingerprint density at radius 2 is 1.13 bits per heavy atom. The molecule has 0 amide bonds. The number of hydrogen-bond acceptors (Lipinski definition) is 4. The van der Waals surface area contributed by atoms with Crippen LogP contribution in [0.5, 0.6) is 0 Å². The maximum atomic E-state index is 2.65. The molecule has 7 aromatic carbocycles. The van der Waals surface area contributed by atoms with Crippen LogP contribution in [0.25, 0.3) is 25.7 Å². The molecule has 4 aliphatic rings. The molecule has 53 heavy (non-hydrogen) atoms. The van der Waals surface area contributed by atoms with Crippen molar-refractivity contribution in [1.82, 2.24) is 0 Å². The fraction of sp³-hybridized carbons (Fsp3) is 0.0612. The van der Waals surface area contributed by atoms with Crippen LogP contribution in [-0.4, -0.2) is 11.3 Å². The van der Waals surface area contributed by atoms with Crippen LogP contribution in [-0.2, 0) is 5.41 Å². The summed E-state index contributed by atoms with van der Waals surface area (Å²) in [6.45, 7) is 0. The molecule has 0 fully saturated rings. The summed E-state index contributed by atoms with van der Waals surface area (Å²) in [6.07, 6.45) is 5.04. The van der Waals surface area contributed by atoms with Gasteiger partial charge in [0.05, 0.1) is 44.2 Å². The highest BCUT2D eigenvalue weighted by molar-refractivity contribution is 8.00. The number of thioether (sulfide) groups is 1. The normalized spacial score (nSPS) is 18.8. The van der Waals surface area contributed by atoms with Crippen LogP contribution < -0.4 is 9.80 Å². The van der Waals surface area contributed by atoms with Crippen LogP contribution in [0.1, 0.15) is 22.3 Å². The number of benzene rings is 7. The van der Waals surface area contributed by atoms with Crippen molar-refractivity contribution in [3.63, 3.8) is 0 Å². The SMILES string of the molecule is C1=CC2C(Sc3ccccc3N2c2cccc3c2sc2ccccc23)C2=C1C1(c3ccccc32)c2ccccc2N(c2ccccc2)c2ccccc21. The van der Waals surface area contributed by atoms with Crippen molar-refractivity contribution in [2.75, 3.05) is 9.80 Å². The topological polar surface area (TPSA) is 6.48 Å². The molecular weight excluding hydrogens is 681 g/mol. The van der Waals surface area contributed by atoms with Gasteiger partial charge in [-0.05, 0) is 81.9 Å². The Balaban J connectivity index is 1.12. The number of nitrogens with zero attached hydrogens (tertiary/aromatic N) is 2. The molecule has 0 bridgehead atoms. The van der Waals surface area contributed by atoms with Gasteiger partial charge in [-0.25, -0.2) is 0 Å². The fourth-order valence-corrected chi connectivity index (χ4v) is 12.5. The predicted molar refractivity (Wildman–Crippen MR) is 225 cm³/mol. The van der Waals surface area contributed by atoms with Crippen molar-refractivity contribution >= 4 is 77.3 Å². The van der Waals surface area contributed by atoms with Crippen molar-refractivity contribution in [3.8, 4) is 0 Å². The minimum Gasteiger partial charge on any atom is -0.331 e. The van der Waals surface area contributed by atoms with Gasteiger partial charge in [-0.3, -0.25) is 0 Å². The lowest BCUT2D eigenvalue weighted by Crippen LogP contribution is -2.44. The molecule has 2 nitrogen and oxygen atoms in total. The Morgan fingerprint density at radius 1 is 0.509 bits per heavy atom.